The van der Waals surface area contributed by atoms with E-state index in [1.54, 1.807) is 39.0 Å². The predicted molar refractivity (Wildman–Crippen MR) is 74.8 cm³/mol. The van der Waals surface area contributed by atoms with Crippen molar-refractivity contribution in [2.45, 2.75) is 26.0 Å². The highest BCUT2D eigenvalue weighted by molar-refractivity contribution is 7.91. The summed E-state index contributed by atoms with van der Waals surface area (Å²) in [4.78, 5) is 11.8. The van der Waals surface area contributed by atoms with Crippen molar-refractivity contribution in [3.63, 3.8) is 0 Å². The van der Waals surface area contributed by atoms with Crippen LogP contribution in [-0.4, -0.2) is 32.0 Å². The van der Waals surface area contributed by atoms with Crippen molar-refractivity contribution in [2.75, 3.05) is 18.1 Å². The van der Waals surface area contributed by atoms with Crippen molar-refractivity contribution in [2.24, 2.45) is 0 Å². The third-order valence-electron chi connectivity index (χ3n) is 2.91. The Hall–Kier alpha value is -1.56. The lowest BCUT2D eigenvalue weighted by atomic mass is 10.1. The second kappa shape index (κ2) is 6.06. The summed E-state index contributed by atoms with van der Waals surface area (Å²) in [6.45, 7) is 4.77. The van der Waals surface area contributed by atoms with E-state index in [4.69, 9.17) is 10.5 Å². The van der Waals surface area contributed by atoms with Crippen LogP contribution in [0, 0.1) is 6.92 Å². The van der Waals surface area contributed by atoms with Gasteiger partial charge in [-0.2, -0.15) is 0 Å². The number of ether oxygens (including phenoxy) is 1. The third kappa shape index (κ3) is 3.96. The van der Waals surface area contributed by atoms with Crippen LogP contribution < -0.4 is 5.73 Å². The maximum atomic E-state index is 11.8. The number of carbonyl (C=O) groups is 1. The van der Waals surface area contributed by atoms with E-state index in [1.807, 2.05) is 0 Å². The van der Waals surface area contributed by atoms with Gasteiger partial charge in [0.15, 0.2) is 9.84 Å². The molecule has 0 aromatic heterocycles. The first-order chi connectivity index (χ1) is 8.75. The van der Waals surface area contributed by atoms with E-state index in [-0.39, 0.29) is 12.4 Å². The highest BCUT2D eigenvalue weighted by Gasteiger charge is 2.18. The molecule has 5 nitrogen and oxygen atoms in total. The van der Waals surface area contributed by atoms with Crippen LogP contribution in [0.25, 0.3) is 0 Å². The Morgan fingerprint density at radius 1 is 1.37 bits per heavy atom. The summed E-state index contributed by atoms with van der Waals surface area (Å²) in [7, 11) is -3.20. The minimum atomic E-state index is -3.20. The van der Waals surface area contributed by atoms with Gasteiger partial charge in [0.05, 0.1) is 16.6 Å². The van der Waals surface area contributed by atoms with Gasteiger partial charge in [0, 0.05) is 5.69 Å². The van der Waals surface area contributed by atoms with Crippen LogP contribution in [0.5, 0.6) is 0 Å². The zero-order chi connectivity index (χ0) is 14.6. The third-order valence-corrected chi connectivity index (χ3v) is 5.09. The van der Waals surface area contributed by atoms with E-state index in [2.05, 4.69) is 0 Å². The average Bonchev–Trinajstić information content (AvgIpc) is 2.32. The molecule has 6 heteroatoms. The predicted octanol–water partition coefficient (Wildman–Crippen LogP) is 1.56. The summed E-state index contributed by atoms with van der Waals surface area (Å²) in [6, 6.07) is 4.95. The minimum Gasteiger partial charge on any atom is -0.461 e. The number of rotatable bonds is 5. The molecule has 0 heterocycles. The van der Waals surface area contributed by atoms with Crippen LogP contribution in [0.1, 0.15) is 29.8 Å². The monoisotopic (exact) mass is 285 g/mol. The van der Waals surface area contributed by atoms with E-state index >= 15 is 0 Å². The quantitative estimate of drug-likeness (QED) is 0.655. The van der Waals surface area contributed by atoms with Crippen molar-refractivity contribution in [3.05, 3.63) is 29.3 Å². The summed E-state index contributed by atoms with van der Waals surface area (Å²) in [5.41, 5.74) is 7.20. The Morgan fingerprint density at radius 3 is 2.58 bits per heavy atom. The molecule has 0 unspecified atom stereocenters. The normalized spacial score (nSPS) is 11.6. The minimum absolute atomic E-state index is 0.145. The molecule has 19 heavy (non-hydrogen) atoms. The number of nitrogens with two attached hydrogens (primary N) is 1. The molecule has 0 spiro atoms. The van der Waals surface area contributed by atoms with Gasteiger partial charge in [-0.3, -0.25) is 0 Å². The fraction of sp³-hybridized carbons (Fsp3) is 0.462. The van der Waals surface area contributed by atoms with Crippen LogP contribution in [0.2, 0.25) is 0 Å². The second-order valence-electron chi connectivity index (χ2n) is 4.57. The topological polar surface area (TPSA) is 86.5 Å². The van der Waals surface area contributed by atoms with Gasteiger partial charge in [0.25, 0.3) is 0 Å². The standard InChI is InChI=1S/C13H19NO4S/c1-9(2)19(16,17)8-7-18-13(15)11-5-4-6-12(14)10(11)3/h4-6,9H,7-8,14H2,1-3H3. The maximum Gasteiger partial charge on any atom is 0.338 e. The molecule has 2 N–H and O–H groups in total. The molecule has 0 aliphatic heterocycles. The van der Waals surface area contributed by atoms with Crippen molar-refractivity contribution < 1.29 is 17.9 Å². The fourth-order valence-electron chi connectivity index (χ4n) is 1.44. The highest BCUT2D eigenvalue weighted by Crippen LogP contribution is 2.16. The van der Waals surface area contributed by atoms with Crippen molar-refractivity contribution in [1.82, 2.24) is 0 Å². The molecule has 0 saturated heterocycles. The first kappa shape index (κ1) is 15.5. The van der Waals surface area contributed by atoms with Crippen LogP contribution in [-0.2, 0) is 14.6 Å². The molecule has 0 fully saturated rings. The number of hydrogen-bond donors (Lipinski definition) is 1. The van der Waals surface area contributed by atoms with Crippen LogP contribution in [0.4, 0.5) is 5.69 Å². The number of nitrogen functional groups attached to an aromatic ring is 1. The number of benzene rings is 1. The molecule has 1 rings (SSSR count). The molecule has 0 aliphatic rings. The zero-order valence-electron chi connectivity index (χ0n) is 11.3. The van der Waals surface area contributed by atoms with Crippen molar-refractivity contribution >= 4 is 21.5 Å². The molecule has 0 amide bonds. The largest absolute Gasteiger partial charge is 0.461 e. The van der Waals surface area contributed by atoms with Crippen LogP contribution >= 0.6 is 0 Å². The molecule has 1 aromatic rings. The van der Waals surface area contributed by atoms with Gasteiger partial charge in [-0.25, -0.2) is 13.2 Å². The lowest BCUT2D eigenvalue weighted by molar-refractivity contribution is 0.0528. The van der Waals surface area contributed by atoms with Gasteiger partial charge in [0.2, 0.25) is 0 Å². The van der Waals surface area contributed by atoms with Gasteiger partial charge in [-0.15, -0.1) is 0 Å². The maximum absolute atomic E-state index is 11.8. The van der Waals surface area contributed by atoms with Crippen molar-refractivity contribution in [1.29, 1.82) is 0 Å². The lowest BCUT2D eigenvalue weighted by Crippen LogP contribution is -2.22. The number of anilines is 1. The number of carbonyl (C=O) groups excluding carboxylic acids is 1. The Balaban J connectivity index is 2.65. The van der Waals surface area contributed by atoms with Crippen LogP contribution in [0.15, 0.2) is 18.2 Å². The lowest BCUT2D eigenvalue weighted by Gasteiger charge is -2.10. The summed E-state index contributed by atoms with van der Waals surface area (Å²) in [5.74, 6) is -0.721. The van der Waals surface area contributed by atoms with Crippen LogP contribution in [0.3, 0.4) is 0 Å². The molecule has 0 aliphatic carbocycles. The second-order valence-corrected chi connectivity index (χ2v) is 7.25. The first-order valence-corrected chi connectivity index (χ1v) is 7.71. The molecule has 0 saturated carbocycles. The first-order valence-electron chi connectivity index (χ1n) is 5.99. The Labute approximate surface area is 113 Å². The van der Waals surface area contributed by atoms with Gasteiger partial charge in [-0.05, 0) is 38.5 Å². The molecule has 0 bridgehead atoms. The fourth-order valence-corrected chi connectivity index (χ4v) is 2.23. The Morgan fingerprint density at radius 2 is 2.00 bits per heavy atom. The number of sulfone groups is 1. The van der Waals surface area contributed by atoms with Gasteiger partial charge in [-0.1, -0.05) is 6.07 Å². The molecule has 0 atom stereocenters. The van der Waals surface area contributed by atoms with Gasteiger partial charge in [0.1, 0.15) is 6.61 Å². The van der Waals surface area contributed by atoms with E-state index in [0.29, 0.717) is 16.8 Å². The molecular formula is C13H19NO4S. The summed E-state index contributed by atoms with van der Waals surface area (Å²) in [6.07, 6.45) is 0. The SMILES string of the molecule is Cc1c(N)cccc1C(=O)OCCS(=O)(=O)C(C)C. The summed E-state index contributed by atoms with van der Waals surface area (Å²) >= 11 is 0. The van der Waals surface area contributed by atoms with E-state index < -0.39 is 21.1 Å². The van der Waals surface area contributed by atoms with E-state index in [0.717, 1.165) is 0 Å². The zero-order valence-corrected chi connectivity index (χ0v) is 12.2. The van der Waals surface area contributed by atoms with E-state index in [9.17, 15) is 13.2 Å². The highest BCUT2D eigenvalue weighted by atomic mass is 32.2. The molecule has 1 aromatic carbocycles. The Bertz CT molecular complexity index is 564. The Kier molecular flexibility index (Phi) is 4.94. The number of hydrogen-bond acceptors (Lipinski definition) is 5. The van der Waals surface area contributed by atoms with Crippen molar-refractivity contribution in [3.8, 4) is 0 Å². The summed E-state index contributed by atoms with van der Waals surface area (Å²) in [5, 5.41) is -0.472. The van der Waals surface area contributed by atoms with E-state index in [1.165, 1.54) is 0 Å². The molecular weight excluding hydrogens is 266 g/mol. The summed E-state index contributed by atoms with van der Waals surface area (Å²) < 4.78 is 28.1. The number of esters is 1. The smallest absolute Gasteiger partial charge is 0.338 e. The van der Waals surface area contributed by atoms with Gasteiger partial charge < -0.3 is 10.5 Å². The molecule has 0 radical (unpaired) electrons. The average molecular weight is 285 g/mol. The van der Waals surface area contributed by atoms with Gasteiger partial charge >= 0.3 is 5.97 Å². The molecule has 106 valence electrons.